The number of alkyl carbamates (subject to hydrolysis) is 1. The summed E-state index contributed by atoms with van der Waals surface area (Å²) in [4.78, 5) is 23.1. The molecule has 126 valence electrons. The minimum Gasteiger partial charge on any atom is -0.478 e. The smallest absolute Gasteiger partial charge is 0.408 e. The molecule has 0 spiro atoms. The van der Waals surface area contributed by atoms with Crippen molar-refractivity contribution in [2.75, 3.05) is 6.61 Å². The fourth-order valence-electron chi connectivity index (χ4n) is 2.18. The molecule has 6 nitrogen and oxygen atoms in total. The van der Waals surface area contributed by atoms with Crippen molar-refractivity contribution in [3.63, 3.8) is 0 Å². The number of hydrogen-bond donors (Lipinski definition) is 3. The highest BCUT2D eigenvalue weighted by Gasteiger charge is 2.29. The molecule has 1 atom stereocenters. The third-order valence-electron chi connectivity index (χ3n) is 3.65. The van der Waals surface area contributed by atoms with E-state index in [1.165, 1.54) is 12.1 Å². The SMILES string of the molecule is CC(CO)(NC(=O)OCc1ccccc1)c1cccc(C(=O)O)c1. The molecule has 2 rings (SSSR count). The van der Waals surface area contributed by atoms with Crippen LogP contribution >= 0.6 is 0 Å². The van der Waals surface area contributed by atoms with Crippen LogP contribution in [0, 0.1) is 0 Å². The van der Waals surface area contributed by atoms with E-state index in [-0.39, 0.29) is 12.2 Å². The van der Waals surface area contributed by atoms with E-state index in [1.54, 1.807) is 19.1 Å². The average molecular weight is 329 g/mol. The second-order valence-corrected chi connectivity index (χ2v) is 5.56. The zero-order valence-corrected chi connectivity index (χ0v) is 13.2. The molecule has 0 saturated carbocycles. The van der Waals surface area contributed by atoms with Gasteiger partial charge in [0.05, 0.1) is 17.7 Å². The van der Waals surface area contributed by atoms with Gasteiger partial charge in [-0.25, -0.2) is 9.59 Å². The average Bonchev–Trinajstić information content (AvgIpc) is 2.61. The fourth-order valence-corrected chi connectivity index (χ4v) is 2.18. The first-order valence-corrected chi connectivity index (χ1v) is 7.38. The Kier molecular flexibility index (Phi) is 5.55. The van der Waals surface area contributed by atoms with E-state index in [4.69, 9.17) is 9.84 Å². The van der Waals surface area contributed by atoms with Crippen molar-refractivity contribution in [3.8, 4) is 0 Å². The molecule has 24 heavy (non-hydrogen) atoms. The highest BCUT2D eigenvalue weighted by atomic mass is 16.5. The van der Waals surface area contributed by atoms with Crippen LogP contribution in [0.15, 0.2) is 54.6 Å². The van der Waals surface area contributed by atoms with E-state index in [0.717, 1.165) is 5.56 Å². The Labute approximate surface area is 139 Å². The summed E-state index contributed by atoms with van der Waals surface area (Å²) >= 11 is 0. The van der Waals surface area contributed by atoms with E-state index in [0.29, 0.717) is 5.56 Å². The van der Waals surface area contributed by atoms with Crippen molar-refractivity contribution in [2.24, 2.45) is 0 Å². The summed E-state index contributed by atoms with van der Waals surface area (Å²) in [5.74, 6) is -1.08. The number of benzene rings is 2. The van der Waals surface area contributed by atoms with Crippen molar-refractivity contribution in [3.05, 3.63) is 71.3 Å². The lowest BCUT2D eigenvalue weighted by Crippen LogP contribution is -2.46. The molecule has 0 fully saturated rings. The molecule has 1 unspecified atom stereocenters. The second kappa shape index (κ2) is 7.61. The Morgan fingerprint density at radius 3 is 2.46 bits per heavy atom. The summed E-state index contributed by atoms with van der Waals surface area (Å²) in [6.45, 7) is 1.29. The number of nitrogens with one attached hydrogen (secondary N) is 1. The van der Waals surface area contributed by atoms with Crippen LogP contribution in [-0.2, 0) is 16.9 Å². The number of amides is 1. The van der Waals surface area contributed by atoms with Gasteiger partial charge in [0.25, 0.3) is 0 Å². The number of aliphatic hydroxyl groups is 1. The van der Waals surface area contributed by atoms with Crippen LogP contribution in [0.4, 0.5) is 4.79 Å². The zero-order valence-electron chi connectivity index (χ0n) is 13.2. The molecule has 0 aliphatic carbocycles. The van der Waals surface area contributed by atoms with Crippen LogP contribution in [-0.4, -0.2) is 28.9 Å². The van der Waals surface area contributed by atoms with Crippen molar-refractivity contribution in [1.29, 1.82) is 0 Å². The van der Waals surface area contributed by atoms with Gasteiger partial charge in [-0.3, -0.25) is 0 Å². The number of hydrogen-bond acceptors (Lipinski definition) is 4. The number of ether oxygens (including phenoxy) is 1. The van der Waals surface area contributed by atoms with Gasteiger partial charge in [0, 0.05) is 0 Å². The normalized spacial score (nSPS) is 12.9. The van der Waals surface area contributed by atoms with Crippen LogP contribution in [0.1, 0.15) is 28.4 Å². The van der Waals surface area contributed by atoms with Gasteiger partial charge in [0.15, 0.2) is 0 Å². The van der Waals surface area contributed by atoms with E-state index >= 15 is 0 Å². The molecule has 2 aromatic carbocycles. The Bertz CT molecular complexity index is 716. The first kappa shape index (κ1) is 17.5. The van der Waals surface area contributed by atoms with Crippen LogP contribution in [0.2, 0.25) is 0 Å². The highest BCUT2D eigenvalue weighted by molar-refractivity contribution is 5.87. The van der Waals surface area contributed by atoms with Crippen molar-refractivity contribution in [1.82, 2.24) is 5.32 Å². The minimum atomic E-state index is -1.15. The third kappa shape index (κ3) is 4.33. The van der Waals surface area contributed by atoms with Gasteiger partial charge in [-0.15, -0.1) is 0 Å². The maximum atomic E-state index is 12.0. The van der Waals surface area contributed by atoms with E-state index in [9.17, 15) is 14.7 Å². The predicted molar refractivity (Wildman–Crippen MR) is 87.6 cm³/mol. The molecular formula is C18H19NO5. The largest absolute Gasteiger partial charge is 0.478 e. The summed E-state index contributed by atoms with van der Waals surface area (Å²) in [7, 11) is 0. The number of aromatic carboxylic acids is 1. The second-order valence-electron chi connectivity index (χ2n) is 5.56. The third-order valence-corrected chi connectivity index (χ3v) is 3.65. The summed E-state index contributed by atoms with van der Waals surface area (Å²) in [6, 6.07) is 15.3. The molecule has 6 heteroatoms. The van der Waals surface area contributed by atoms with Crippen LogP contribution < -0.4 is 5.32 Å². The topological polar surface area (TPSA) is 95.9 Å². The molecule has 3 N–H and O–H groups in total. The van der Waals surface area contributed by atoms with Gasteiger partial charge in [0.2, 0.25) is 0 Å². The quantitative estimate of drug-likeness (QED) is 0.757. The lowest BCUT2D eigenvalue weighted by Gasteiger charge is -2.29. The van der Waals surface area contributed by atoms with Crippen molar-refractivity contribution >= 4 is 12.1 Å². The van der Waals surface area contributed by atoms with Gasteiger partial charge in [-0.05, 0) is 30.2 Å². The maximum absolute atomic E-state index is 12.0. The molecule has 0 heterocycles. The number of carbonyl (C=O) groups excluding carboxylic acids is 1. The van der Waals surface area contributed by atoms with Crippen LogP contribution in [0.5, 0.6) is 0 Å². The maximum Gasteiger partial charge on any atom is 0.408 e. The molecule has 2 aromatic rings. The Morgan fingerprint density at radius 2 is 1.83 bits per heavy atom. The lowest BCUT2D eigenvalue weighted by molar-refractivity contribution is 0.0696. The molecule has 0 bridgehead atoms. The van der Waals surface area contributed by atoms with E-state index < -0.39 is 24.2 Å². The van der Waals surface area contributed by atoms with Gasteiger partial charge in [-0.2, -0.15) is 0 Å². The number of carboxylic acid groups (broad SMARTS) is 1. The van der Waals surface area contributed by atoms with E-state index in [2.05, 4.69) is 5.32 Å². The molecule has 0 aromatic heterocycles. The first-order chi connectivity index (χ1) is 11.4. The lowest BCUT2D eigenvalue weighted by atomic mass is 9.91. The molecule has 0 aliphatic heterocycles. The fraction of sp³-hybridized carbons (Fsp3) is 0.222. The number of carbonyl (C=O) groups is 2. The standard InChI is InChI=1S/C18H19NO5/c1-18(12-20,15-9-5-8-14(10-15)16(21)22)19-17(23)24-11-13-6-3-2-4-7-13/h2-10,20H,11-12H2,1H3,(H,19,23)(H,21,22). The summed E-state index contributed by atoms with van der Waals surface area (Å²) in [6.07, 6.45) is -0.698. The molecule has 1 amide bonds. The van der Waals surface area contributed by atoms with Gasteiger partial charge in [0.1, 0.15) is 6.61 Å². The van der Waals surface area contributed by atoms with Crippen molar-refractivity contribution in [2.45, 2.75) is 19.1 Å². The number of carboxylic acids is 1. The molecular weight excluding hydrogens is 310 g/mol. The first-order valence-electron chi connectivity index (χ1n) is 7.38. The molecule has 0 saturated heterocycles. The molecule has 0 aliphatic rings. The number of rotatable bonds is 6. The van der Waals surface area contributed by atoms with Crippen LogP contribution in [0.25, 0.3) is 0 Å². The minimum absolute atomic E-state index is 0.0756. The summed E-state index contributed by atoms with van der Waals surface area (Å²) in [5, 5.41) is 21.3. The highest BCUT2D eigenvalue weighted by Crippen LogP contribution is 2.22. The van der Waals surface area contributed by atoms with Gasteiger partial charge in [-0.1, -0.05) is 42.5 Å². The Hall–Kier alpha value is -2.86. The van der Waals surface area contributed by atoms with Crippen LogP contribution in [0.3, 0.4) is 0 Å². The zero-order chi connectivity index (χ0) is 17.6. The summed E-state index contributed by atoms with van der Waals surface area (Å²) < 4.78 is 5.15. The Balaban J connectivity index is 2.07. The summed E-state index contributed by atoms with van der Waals surface area (Å²) in [5.41, 5.74) is 0.235. The predicted octanol–water partition coefficient (Wildman–Crippen LogP) is 2.52. The molecule has 0 radical (unpaired) electrons. The number of aliphatic hydroxyl groups excluding tert-OH is 1. The van der Waals surface area contributed by atoms with Gasteiger partial charge < -0.3 is 20.3 Å². The van der Waals surface area contributed by atoms with E-state index in [1.807, 2.05) is 30.3 Å². The Morgan fingerprint density at radius 1 is 1.12 bits per heavy atom. The monoisotopic (exact) mass is 329 g/mol. The van der Waals surface area contributed by atoms with Crippen molar-refractivity contribution < 1.29 is 24.5 Å². The van der Waals surface area contributed by atoms with Gasteiger partial charge >= 0.3 is 12.1 Å².